The summed E-state index contributed by atoms with van der Waals surface area (Å²) in [5.41, 5.74) is 0. The molecule has 2 aliphatic rings. The second kappa shape index (κ2) is 5.15. The van der Waals surface area contributed by atoms with Gasteiger partial charge in [-0.15, -0.1) is 0 Å². The van der Waals surface area contributed by atoms with E-state index >= 15 is 0 Å². The van der Waals surface area contributed by atoms with Crippen LogP contribution in [-0.2, 0) is 4.79 Å². The fourth-order valence-electron chi connectivity index (χ4n) is 2.27. The zero-order valence-electron chi connectivity index (χ0n) is 10.1. The summed E-state index contributed by atoms with van der Waals surface area (Å²) in [7, 11) is 0. The molecule has 1 saturated heterocycles. The van der Waals surface area contributed by atoms with Crippen LogP contribution in [0.5, 0.6) is 0 Å². The standard InChI is InChI=1S/C12H22N2O2/c1-10(15)2-5-12(16)14-8-6-13(7-9-14)11-3-4-11/h10-11,15H,2-9H2,1H3. The van der Waals surface area contributed by atoms with Crippen LogP contribution in [0.15, 0.2) is 0 Å². The topological polar surface area (TPSA) is 43.8 Å². The van der Waals surface area contributed by atoms with Crippen LogP contribution >= 0.6 is 0 Å². The molecule has 0 aromatic carbocycles. The van der Waals surface area contributed by atoms with E-state index in [0.717, 1.165) is 32.2 Å². The minimum atomic E-state index is -0.364. The van der Waals surface area contributed by atoms with Gasteiger partial charge in [0.25, 0.3) is 0 Å². The molecular formula is C12H22N2O2. The van der Waals surface area contributed by atoms with E-state index in [2.05, 4.69) is 4.90 Å². The van der Waals surface area contributed by atoms with E-state index in [1.54, 1.807) is 6.92 Å². The van der Waals surface area contributed by atoms with Crippen LogP contribution in [0, 0.1) is 0 Å². The zero-order chi connectivity index (χ0) is 11.5. The van der Waals surface area contributed by atoms with Gasteiger partial charge in [-0.2, -0.15) is 0 Å². The number of piperazine rings is 1. The van der Waals surface area contributed by atoms with E-state index in [9.17, 15) is 4.79 Å². The van der Waals surface area contributed by atoms with Crippen molar-refractivity contribution in [3.63, 3.8) is 0 Å². The summed E-state index contributed by atoms with van der Waals surface area (Å²) in [6.07, 6.45) is 3.39. The van der Waals surface area contributed by atoms with Crippen molar-refractivity contribution in [3.05, 3.63) is 0 Å². The van der Waals surface area contributed by atoms with Crippen LogP contribution in [-0.4, -0.2) is 59.1 Å². The maximum absolute atomic E-state index is 11.8. The Morgan fingerprint density at radius 1 is 1.31 bits per heavy atom. The predicted octanol–water partition coefficient (Wildman–Crippen LogP) is 0.454. The van der Waals surface area contributed by atoms with Gasteiger partial charge >= 0.3 is 0 Å². The zero-order valence-corrected chi connectivity index (χ0v) is 10.1. The van der Waals surface area contributed by atoms with Crippen LogP contribution in [0.4, 0.5) is 0 Å². The molecular weight excluding hydrogens is 204 g/mol. The fraction of sp³-hybridized carbons (Fsp3) is 0.917. The Morgan fingerprint density at radius 3 is 2.44 bits per heavy atom. The van der Waals surface area contributed by atoms with Crippen LogP contribution < -0.4 is 0 Å². The third kappa shape index (κ3) is 3.19. The number of carbonyl (C=O) groups excluding carboxylic acids is 1. The lowest BCUT2D eigenvalue weighted by Gasteiger charge is -2.35. The molecule has 2 fully saturated rings. The monoisotopic (exact) mass is 226 g/mol. The molecule has 16 heavy (non-hydrogen) atoms. The van der Waals surface area contributed by atoms with Crippen molar-refractivity contribution in [2.75, 3.05) is 26.2 Å². The molecule has 1 unspecified atom stereocenters. The highest BCUT2D eigenvalue weighted by Crippen LogP contribution is 2.27. The molecule has 2 rings (SSSR count). The van der Waals surface area contributed by atoms with Crippen molar-refractivity contribution in [3.8, 4) is 0 Å². The molecule has 1 aliphatic carbocycles. The minimum absolute atomic E-state index is 0.205. The predicted molar refractivity (Wildman–Crippen MR) is 62.1 cm³/mol. The van der Waals surface area contributed by atoms with Gasteiger partial charge in [-0.25, -0.2) is 0 Å². The highest BCUT2D eigenvalue weighted by atomic mass is 16.3. The van der Waals surface area contributed by atoms with E-state index in [-0.39, 0.29) is 12.0 Å². The van der Waals surface area contributed by atoms with E-state index < -0.39 is 0 Å². The Balaban J connectivity index is 1.68. The number of aliphatic hydroxyl groups excluding tert-OH is 1. The average Bonchev–Trinajstić information content (AvgIpc) is 3.10. The van der Waals surface area contributed by atoms with Gasteiger partial charge in [0.15, 0.2) is 0 Å². The first-order valence-electron chi connectivity index (χ1n) is 6.36. The van der Waals surface area contributed by atoms with Crippen molar-refractivity contribution in [1.82, 2.24) is 9.80 Å². The molecule has 0 aromatic heterocycles. The van der Waals surface area contributed by atoms with Gasteiger partial charge < -0.3 is 10.0 Å². The molecule has 1 heterocycles. The quantitative estimate of drug-likeness (QED) is 0.757. The lowest BCUT2D eigenvalue weighted by Crippen LogP contribution is -2.49. The number of nitrogens with zero attached hydrogens (tertiary/aromatic N) is 2. The summed E-state index contributed by atoms with van der Waals surface area (Å²) in [5.74, 6) is 0.205. The van der Waals surface area contributed by atoms with Crippen molar-refractivity contribution in [2.24, 2.45) is 0 Å². The van der Waals surface area contributed by atoms with Crippen LogP contribution in [0.1, 0.15) is 32.6 Å². The third-order valence-corrected chi connectivity index (χ3v) is 3.51. The maximum Gasteiger partial charge on any atom is 0.222 e. The molecule has 1 atom stereocenters. The SMILES string of the molecule is CC(O)CCC(=O)N1CCN(C2CC2)CC1. The average molecular weight is 226 g/mol. The number of rotatable bonds is 4. The molecule has 4 heteroatoms. The number of carbonyl (C=O) groups is 1. The lowest BCUT2D eigenvalue weighted by atomic mass is 10.2. The summed E-state index contributed by atoms with van der Waals surface area (Å²) < 4.78 is 0. The normalized spacial score (nSPS) is 24.5. The van der Waals surface area contributed by atoms with E-state index in [1.165, 1.54) is 12.8 Å². The summed E-state index contributed by atoms with van der Waals surface area (Å²) in [6.45, 7) is 5.54. The third-order valence-electron chi connectivity index (χ3n) is 3.51. The van der Waals surface area contributed by atoms with Crippen molar-refractivity contribution in [2.45, 2.75) is 44.8 Å². The Bertz CT molecular complexity index is 243. The van der Waals surface area contributed by atoms with Gasteiger partial charge in [-0.3, -0.25) is 9.69 Å². The van der Waals surface area contributed by atoms with Crippen LogP contribution in [0.2, 0.25) is 0 Å². The second-order valence-corrected chi connectivity index (χ2v) is 5.04. The molecule has 1 N–H and O–H groups in total. The molecule has 1 amide bonds. The number of amides is 1. The van der Waals surface area contributed by atoms with Gasteiger partial charge in [0.1, 0.15) is 0 Å². The van der Waals surface area contributed by atoms with Crippen molar-refractivity contribution in [1.29, 1.82) is 0 Å². The van der Waals surface area contributed by atoms with Gasteiger partial charge in [-0.1, -0.05) is 0 Å². The summed E-state index contributed by atoms with van der Waals surface area (Å²) in [5, 5.41) is 9.14. The van der Waals surface area contributed by atoms with Crippen LogP contribution in [0.3, 0.4) is 0 Å². The van der Waals surface area contributed by atoms with E-state index in [1.807, 2.05) is 4.90 Å². The van der Waals surface area contributed by atoms with E-state index in [4.69, 9.17) is 5.11 Å². The Morgan fingerprint density at radius 2 is 1.94 bits per heavy atom. The fourth-order valence-corrected chi connectivity index (χ4v) is 2.27. The molecule has 1 saturated carbocycles. The van der Waals surface area contributed by atoms with Gasteiger partial charge in [-0.05, 0) is 26.2 Å². The number of aliphatic hydroxyl groups is 1. The number of hydrogen-bond acceptors (Lipinski definition) is 3. The largest absolute Gasteiger partial charge is 0.393 e. The minimum Gasteiger partial charge on any atom is -0.393 e. The maximum atomic E-state index is 11.8. The van der Waals surface area contributed by atoms with Gasteiger partial charge in [0.05, 0.1) is 6.10 Å². The first-order valence-corrected chi connectivity index (χ1v) is 6.36. The Kier molecular flexibility index (Phi) is 3.82. The first kappa shape index (κ1) is 11.9. The molecule has 92 valence electrons. The molecule has 0 radical (unpaired) electrons. The first-order chi connectivity index (χ1) is 7.66. The van der Waals surface area contributed by atoms with E-state index in [0.29, 0.717) is 12.8 Å². The molecule has 1 aliphatic heterocycles. The van der Waals surface area contributed by atoms with Gasteiger partial charge in [0, 0.05) is 38.6 Å². The molecule has 0 bridgehead atoms. The molecule has 4 nitrogen and oxygen atoms in total. The number of hydrogen-bond donors (Lipinski definition) is 1. The summed E-state index contributed by atoms with van der Waals surface area (Å²) >= 11 is 0. The summed E-state index contributed by atoms with van der Waals surface area (Å²) in [4.78, 5) is 16.2. The summed E-state index contributed by atoms with van der Waals surface area (Å²) in [6, 6.07) is 0.815. The Hall–Kier alpha value is -0.610. The van der Waals surface area contributed by atoms with Crippen molar-refractivity contribution < 1.29 is 9.90 Å². The Labute approximate surface area is 97.2 Å². The second-order valence-electron chi connectivity index (χ2n) is 5.04. The highest BCUT2D eigenvalue weighted by molar-refractivity contribution is 5.76. The highest BCUT2D eigenvalue weighted by Gasteiger charge is 2.32. The molecule has 0 aromatic rings. The van der Waals surface area contributed by atoms with Crippen molar-refractivity contribution >= 4 is 5.91 Å². The van der Waals surface area contributed by atoms with Crippen LogP contribution in [0.25, 0.3) is 0 Å². The smallest absolute Gasteiger partial charge is 0.222 e. The van der Waals surface area contributed by atoms with Gasteiger partial charge in [0.2, 0.25) is 5.91 Å². The lowest BCUT2D eigenvalue weighted by molar-refractivity contribution is -0.133. The molecule has 0 spiro atoms.